The van der Waals surface area contributed by atoms with E-state index < -0.39 is 9.84 Å². The van der Waals surface area contributed by atoms with Crippen molar-refractivity contribution in [2.75, 3.05) is 7.11 Å². The summed E-state index contributed by atoms with van der Waals surface area (Å²) < 4.78 is 30.2. The lowest BCUT2D eigenvalue weighted by Gasteiger charge is -2.13. The van der Waals surface area contributed by atoms with Gasteiger partial charge in [0.05, 0.1) is 17.8 Å². The Balaban J connectivity index is 2.40. The van der Waals surface area contributed by atoms with Gasteiger partial charge in [-0.3, -0.25) is 0 Å². The third kappa shape index (κ3) is 3.62. The van der Waals surface area contributed by atoms with Crippen LogP contribution in [0.25, 0.3) is 0 Å². The smallest absolute Gasteiger partial charge is 0.182 e. The third-order valence-electron chi connectivity index (χ3n) is 3.28. The van der Waals surface area contributed by atoms with Crippen LogP contribution in [-0.2, 0) is 15.6 Å². The summed E-state index contributed by atoms with van der Waals surface area (Å²) in [5.41, 5.74) is 7.36. The van der Waals surface area contributed by atoms with E-state index in [0.29, 0.717) is 16.2 Å². The standard InChI is InChI=1S/C16H19NO3S/c1-12(17)13-8-9-16(20-2)14(10-13)11-21(18,19)15-6-4-3-5-7-15/h3-10,12H,11,17H2,1-2H3. The number of nitrogens with two attached hydrogens (primary N) is 1. The van der Waals surface area contributed by atoms with Crippen LogP contribution in [0.2, 0.25) is 0 Å². The number of hydrogen-bond donors (Lipinski definition) is 1. The molecule has 2 N–H and O–H groups in total. The molecule has 0 amide bonds. The molecule has 2 aromatic carbocycles. The molecule has 21 heavy (non-hydrogen) atoms. The van der Waals surface area contributed by atoms with E-state index in [9.17, 15) is 8.42 Å². The molecule has 0 aliphatic carbocycles. The van der Waals surface area contributed by atoms with Gasteiger partial charge in [-0.15, -0.1) is 0 Å². The summed E-state index contributed by atoms with van der Waals surface area (Å²) in [5, 5.41) is 0. The Kier molecular flexibility index (Phi) is 4.65. The maximum absolute atomic E-state index is 12.5. The quantitative estimate of drug-likeness (QED) is 0.922. The molecule has 2 aromatic rings. The molecule has 0 aliphatic heterocycles. The first-order valence-corrected chi connectivity index (χ1v) is 8.29. The van der Waals surface area contributed by atoms with E-state index in [1.165, 1.54) is 7.11 Å². The topological polar surface area (TPSA) is 69.4 Å². The molecule has 0 fully saturated rings. The largest absolute Gasteiger partial charge is 0.496 e. The van der Waals surface area contributed by atoms with Gasteiger partial charge in [0.15, 0.2) is 9.84 Å². The lowest BCUT2D eigenvalue weighted by molar-refractivity contribution is 0.410. The van der Waals surface area contributed by atoms with Crippen molar-refractivity contribution in [3.8, 4) is 5.75 Å². The fraction of sp³-hybridized carbons (Fsp3) is 0.250. The molecule has 5 heteroatoms. The predicted octanol–water partition coefficient (Wildman–Crippen LogP) is 2.69. The molecule has 112 valence electrons. The first-order valence-electron chi connectivity index (χ1n) is 6.64. The van der Waals surface area contributed by atoms with Gasteiger partial charge >= 0.3 is 0 Å². The van der Waals surface area contributed by atoms with Gasteiger partial charge in [0.25, 0.3) is 0 Å². The van der Waals surface area contributed by atoms with Crippen molar-refractivity contribution in [3.05, 3.63) is 59.7 Å². The molecule has 0 radical (unpaired) electrons. The van der Waals surface area contributed by atoms with Crippen LogP contribution in [-0.4, -0.2) is 15.5 Å². The Hall–Kier alpha value is -1.85. The molecule has 0 bridgehead atoms. The zero-order chi connectivity index (χ0) is 15.5. The highest BCUT2D eigenvalue weighted by Gasteiger charge is 2.18. The Labute approximate surface area is 125 Å². The van der Waals surface area contributed by atoms with E-state index in [1.807, 2.05) is 13.0 Å². The third-order valence-corrected chi connectivity index (χ3v) is 4.96. The van der Waals surface area contributed by atoms with Crippen LogP contribution in [0.3, 0.4) is 0 Å². The van der Waals surface area contributed by atoms with E-state index in [2.05, 4.69) is 0 Å². The van der Waals surface area contributed by atoms with Crippen LogP contribution in [0.15, 0.2) is 53.4 Å². The van der Waals surface area contributed by atoms with E-state index in [0.717, 1.165) is 5.56 Å². The molecular weight excluding hydrogens is 286 g/mol. The lowest BCUT2D eigenvalue weighted by Crippen LogP contribution is -2.09. The molecular formula is C16H19NO3S. The summed E-state index contributed by atoms with van der Waals surface area (Å²) in [6, 6.07) is 13.6. The first-order chi connectivity index (χ1) is 9.94. The van der Waals surface area contributed by atoms with E-state index >= 15 is 0 Å². The highest BCUT2D eigenvalue weighted by atomic mass is 32.2. The summed E-state index contributed by atoms with van der Waals surface area (Å²) in [7, 11) is -1.88. The molecule has 0 heterocycles. The van der Waals surface area contributed by atoms with E-state index in [-0.39, 0.29) is 11.8 Å². The van der Waals surface area contributed by atoms with Crippen LogP contribution < -0.4 is 10.5 Å². The zero-order valence-electron chi connectivity index (χ0n) is 12.1. The van der Waals surface area contributed by atoms with Crippen molar-refractivity contribution in [1.29, 1.82) is 0 Å². The van der Waals surface area contributed by atoms with Crippen LogP contribution in [0.4, 0.5) is 0 Å². The van der Waals surface area contributed by atoms with Gasteiger partial charge in [-0.25, -0.2) is 8.42 Å². The minimum atomic E-state index is -3.41. The number of benzene rings is 2. The van der Waals surface area contributed by atoms with Crippen molar-refractivity contribution in [2.45, 2.75) is 23.6 Å². The predicted molar refractivity (Wildman–Crippen MR) is 82.9 cm³/mol. The van der Waals surface area contributed by atoms with Crippen molar-refractivity contribution in [3.63, 3.8) is 0 Å². The number of methoxy groups -OCH3 is 1. The first kappa shape index (κ1) is 15.5. The van der Waals surface area contributed by atoms with E-state index in [4.69, 9.17) is 10.5 Å². The maximum atomic E-state index is 12.5. The molecule has 0 aromatic heterocycles. The van der Waals surface area contributed by atoms with Gasteiger partial charge in [0.1, 0.15) is 5.75 Å². The molecule has 2 rings (SSSR count). The number of sulfone groups is 1. The van der Waals surface area contributed by atoms with Crippen LogP contribution in [0, 0.1) is 0 Å². The SMILES string of the molecule is COc1ccc(C(C)N)cc1CS(=O)(=O)c1ccccc1. The molecule has 4 nitrogen and oxygen atoms in total. The number of ether oxygens (including phenoxy) is 1. The summed E-state index contributed by atoms with van der Waals surface area (Å²) in [5.74, 6) is 0.444. The zero-order valence-corrected chi connectivity index (χ0v) is 12.9. The van der Waals surface area contributed by atoms with Gasteiger partial charge in [0.2, 0.25) is 0 Å². The van der Waals surface area contributed by atoms with Crippen LogP contribution >= 0.6 is 0 Å². The Morgan fingerprint density at radius 3 is 2.38 bits per heavy atom. The van der Waals surface area contributed by atoms with Gasteiger partial charge < -0.3 is 10.5 Å². The fourth-order valence-corrected chi connectivity index (χ4v) is 3.48. The Morgan fingerprint density at radius 2 is 1.81 bits per heavy atom. The second-order valence-corrected chi connectivity index (χ2v) is 6.92. The highest BCUT2D eigenvalue weighted by molar-refractivity contribution is 7.90. The van der Waals surface area contributed by atoms with Crippen molar-refractivity contribution in [1.82, 2.24) is 0 Å². The number of hydrogen-bond acceptors (Lipinski definition) is 4. The summed E-state index contributed by atoms with van der Waals surface area (Å²) in [6.45, 7) is 1.86. The normalized spacial score (nSPS) is 12.9. The van der Waals surface area contributed by atoms with Gasteiger partial charge in [-0.2, -0.15) is 0 Å². The monoisotopic (exact) mass is 305 g/mol. The minimum absolute atomic E-state index is 0.110. The van der Waals surface area contributed by atoms with Gasteiger partial charge in [0, 0.05) is 11.6 Å². The van der Waals surface area contributed by atoms with Crippen molar-refractivity contribution < 1.29 is 13.2 Å². The van der Waals surface area contributed by atoms with Gasteiger partial charge in [-0.05, 0) is 36.8 Å². The second-order valence-electron chi connectivity index (χ2n) is 4.93. The summed E-state index contributed by atoms with van der Waals surface area (Å²) >= 11 is 0. The lowest BCUT2D eigenvalue weighted by atomic mass is 10.1. The van der Waals surface area contributed by atoms with Crippen molar-refractivity contribution in [2.24, 2.45) is 5.73 Å². The fourth-order valence-electron chi connectivity index (χ4n) is 2.11. The van der Waals surface area contributed by atoms with Crippen molar-refractivity contribution >= 4 is 9.84 Å². The molecule has 0 saturated carbocycles. The van der Waals surface area contributed by atoms with E-state index in [1.54, 1.807) is 42.5 Å². The highest BCUT2D eigenvalue weighted by Crippen LogP contribution is 2.26. The minimum Gasteiger partial charge on any atom is -0.496 e. The average Bonchev–Trinajstić information content (AvgIpc) is 2.47. The maximum Gasteiger partial charge on any atom is 0.182 e. The molecule has 0 aliphatic rings. The second kappa shape index (κ2) is 6.28. The number of rotatable bonds is 5. The molecule has 1 atom stereocenters. The summed E-state index contributed by atoms with van der Waals surface area (Å²) in [6.07, 6.45) is 0. The van der Waals surface area contributed by atoms with Gasteiger partial charge in [-0.1, -0.05) is 24.3 Å². The summed E-state index contributed by atoms with van der Waals surface area (Å²) in [4.78, 5) is 0.304. The molecule has 0 spiro atoms. The average molecular weight is 305 g/mol. The molecule has 1 unspecified atom stereocenters. The Morgan fingerprint density at radius 1 is 1.14 bits per heavy atom. The van der Waals surface area contributed by atoms with Crippen LogP contribution in [0.1, 0.15) is 24.1 Å². The molecule has 0 saturated heterocycles. The Bertz CT molecular complexity index is 710. The van der Waals surface area contributed by atoms with Crippen LogP contribution in [0.5, 0.6) is 5.75 Å².